The van der Waals surface area contributed by atoms with Crippen molar-refractivity contribution in [3.05, 3.63) is 119 Å². The molecule has 5 rings (SSSR count). The third-order valence-corrected chi connectivity index (χ3v) is 40.8. The summed E-state index contributed by atoms with van der Waals surface area (Å²) >= 11 is 4.45. The van der Waals surface area contributed by atoms with Gasteiger partial charge in [-0.3, -0.25) is 0 Å². The molecule has 2 aliphatic rings. The first-order valence-corrected chi connectivity index (χ1v) is 21.6. The summed E-state index contributed by atoms with van der Waals surface area (Å²) in [6, 6.07) is 28.9. The van der Waals surface area contributed by atoms with Gasteiger partial charge in [-0.25, -0.2) is 0 Å². The van der Waals surface area contributed by atoms with Crippen molar-refractivity contribution in [3.8, 4) is 0 Å². The predicted octanol–water partition coefficient (Wildman–Crippen LogP) is 7.87. The maximum absolute atomic E-state index is 7.67. The minimum absolute atomic E-state index is 0.131. The molecule has 3 aromatic carbocycles. The molecule has 3 heteroatoms. The number of hydrogen-bond donors (Lipinski definition) is 0. The molecule has 2 aliphatic carbocycles. The molecule has 3 aromatic rings. The van der Waals surface area contributed by atoms with Crippen LogP contribution in [-0.4, -0.2) is 5.92 Å². The third-order valence-electron chi connectivity index (χ3n) is 7.01. The van der Waals surface area contributed by atoms with Crippen molar-refractivity contribution in [1.82, 2.24) is 0 Å². The van der Waals surface area contributed by atoms with Crippen molar-refractivity contribution < 1.29 is 19.4 Å². The van der Waals surface area contributed by atoms with E-state index in [1.165, 1.54) is 27.8 Å². The normalized spacial score (nSPS) is 22.0. The van der Waals surface area contributed by atoms with Crippen LogP contribution in [0.3, 0.4) is 0 Å². The minimum atomic E-state index is -3.22. The van der Waals surface area contributed by atoms with Crippen molar-refractivity contribution in [2.45, 2.75) is 23.4 Å². The third kappa shape index (κ3) is 3.11. The molecule has 0 nitrogen and oxygen atoms in total. The summed E-state index contributed by atoms with van der Waals surface area (Å²) in [7, 11) is 0. The molecule has 0 aliphatic heterocycles. The quantitative estimate of drug-likeness (QED) is 0.245. The number of alkyl halides is 1. The van der Waals surface area contributed by atoms with E-state index in [0.717, 1.165) is 0 Å². The zero-order chi connectivity index (χ0) is 20.7. The van der Waals surface area contributed by atoms with Gasteiger partial charge >= 0.3 is 191 Å². The van der Waals surface area contributed by atoms with E-state index in [2.05, 4.69) is 116 Å². The maximum atomic E-state index is 7.67. The molecule has 0 bridgehead atoms. The predicted molar refractivity (Wildman–Crippen MR) is 129 cm³/mol. The summed E-state index contributed by atoms with van der Waals surface area (Å²) in [5.41, 5.74) is 7.12. The van der Waals surface area contributed by atoms with Crippen molar-refractivity contribution in [1.29, 1.82) is 0 Å². The van der Waals surface area contributed by atoms with E-state index in [9.17, 15) is 0 Å². The van der Waals surface area contributed by atoms with Gasteiger partial charge in [-0.1, -0.05) is 0 Å². The van der Waals surface area contributed by atoms with Gasteiger partial charge in [0.15, 0.2) is 0 Å². The van der Waals surface area contributed by atoms with Crippen molar-refractivity contribution in [2.75, 3.05) is 0 Å². The first kappa shape index (κ1) is 20.4. The molecule has 0 amide bonds. The van der Waals surface area contributed by atoms with E-state index in [4.69, 9.17) is 11.6 Å². The van der Waals surface area contributed by atoms with E-state index < -0.39 is 25.4 Å². The van der Waals surface area contributed by atoms with Gasteiger partial charge in [0.1, 0.15) is 0 Å². The summed E-state index contributed by atoms with van der Waals surface area (Å²) in [4.78, 5) is 0. The molecule has 0 heterocycles. The van der Waals surface area contributed by atoms with Crippen molar-refractivity contribution in [3.63, 3.8) is 0 Å². The van der Waals surface area contributed by atoms with Gasteiger partial charge < -0.3 is 0 Å². The van der Waals surface area contributed by atoms with E-state index in [0.29, 0.717) is 7.25 Å². The average molecular weight is 505 g/mol. The van der Waals surface area contributed by atoms with Gasteiger partial charge in [-0.2, -0.15) is 0 Å². The number of fused-ring (bicyclic) bond motifs is 2. The summed E-state index contributed by atoms with van der Waals surface area (Å²) in [6.07, 6.45) is 9.75. The van der Waals surface area contributed by atoms with Crippen LogP contribution in [0.4, 0.5) is 0 Å². The Hall–Kier alpha value is -1.47. The van der Waals surface area contributed by atoms with Crippen LogP contribution < -0.4 is 0 Å². The van der Waals surface area contributed by atoms with E-state index in [1.807, 2.05) is 0 Å². The fourth-order valence-corrected chi connectivity index (χ4v) is 40.1. The van der Waals surface area contributed by atoms with Crippen LogP contribution in [0.25, 0.3) is 12.2 Å². The zero-order valence-corrected chi connectivity index (χ0v) is 21.6. The van der Waals surface area contributed by atoms with E-state index in [1.54, 1.807) is 0 Å². The first-order chi connectivity index (χ1) is 14.6. The molecule has 0 fully saturated rings. The molecule has 149 valence electrons. The molecule has 0 saturated carbocycles. The van der Waals surface area contributed by atoms with Gasteiger partial charge in [-0.05, 0) is 0 Å². The fraction of sp³-hybridized carbons (Fsp3) is 0.185. The van der Waals surface area contributed by atoms with Gasteiger partial charge in [0.25, 0.3) is 0 Å². The Balaban J connectivity index is 1.76. The van der Waals surface area contributed by atoms with Crippen molar-refractivity contribution in [2.24, 2.45) is 0 Å². The Kier molecular flexibility index (Phi) is 5.60. The summed E-state index contributed by atoms with van der Waals surface area (Å²) < 4.78 is 1.14. The van der Waals surface area contributed by atoms with Crippen molar-refractivity contribution >= 4 is 29.7 Å². The van der Waals surface area contributed by atoms with Gasteiger partial charge in [0, 0.05) is 0 Å². The monoisotopic (exact) mass is 503 g/mol. The van der Waals surface area contributed by atoms with E-state index in [-0.39, 0.29) is 3.08 Å². The van der Waals surface area contributed by atoms with E-state index >= 15 is 0 Å². The second kappa shape index (κ2) is 8.23. The van der Waals surface area contributed by atoms with Crippen LogP contribution in [0.1, 0.15) is 38.2 Å². The summed E-state index contributed by atoms with van der Waals surface area (Å²) in [6.45, 7) is 5.09. The first-order valence-electron chi connectivity index (χ1n) is 10.7. The summed E-state index contributed by atoms with van der Waals surface area (Å²) in [5.74, 6) is -0.652. The Morgan fingerprint density at radius 3 is 1.67 bits per heavy atom. The Bertz CT molecular complexity index is 1060. The molecule has 0 spiro atoms. The van der Waals surface area contributed by atoms with Gasteiger partial charge in [-0.15, -0.1) is 0 Å². The van der Waals surface area contributed by atoms with Crippen LogP contribution >= 0.6 is 11.6 Å². The topological polar surface area (TPSA) is 0 Å². The number of allylic oxidation sites excluding steroid dienone is 2. The standard InChI is InChI=1S/2C9H7.C7H6Cl.C2H6Si.Zr/c2*1-2-5-9-7-3-6-8(9)4-1;8-6-7-4-2-1-3-5-7;1-3-2;/h2*1-7H;1-6H;1-2H3;. The van der Waals surface area contributed by atoms with Gasteiger partial charge in [0.05, 0.1) is 0 Å². The zero-order valence-electron chi connectivity index (χ0n) is 17.4. The summed E-state index contributed by atoms with van der Waals surface area (Å²) in [5, 5.41) is 0. The SMILES string of the molecule is C[Si](C)[Zr]([CH](Cl)c1ccccc1)([CH]1C=Cc2ccccc21)[CH]1C=Cc2ccccc21. The average Bonchev–Trinajstić information content (AvgIpc) is 3.40. The molecule has 0 aromatic heterocycles. The Labute approximate surface area is 190 Å². The second-order valence-corrected chi connectivity index (χ2v) is 33.5. The van der Waals surface area contributed by atoms with Gasteiger partial charge in [0.2, 0.25) is 0 Å². The van der Waals surface area contributed by atoms with Crippen LogP contribution in [0.5, 0.6) is 0 Å². The Morgan fingerprint density at radius 2 is 1.17 bits per heavy atom. The number of benzene rings is 3. The van der Waals surface area contributed by atoms with Crippen LogP contribution in [-0.2, 0) is 19.4 Å². The Morgan fingerprint density at radius 1 is 0.700 bits per heavy atom. The van der Waals surface area contributed by atoms with Crippen LogP contribution in [0, 0.1) is 0 Å². The molecule has 3 atom stereocenters. The molecule has 30 heavy (non-hydrogen) atoms. The number of rotatable bonds is 5. The molecular weight excluding hydrogens is 479 g/mol. The number of hydrogen-bond acceptors (Lipinski definition) is 0. The molecule has 0 saturated heterocycles. The van der Waals surface area contributed by atoms with Crippen LogP contribution in [0.2, 0.25) is 13.1 Å². The van der Waals surface area contributed by atoms with Crippen LogP contribution in [0.15, 0.2) is 91.0 Å². The molecular formula is C27H26ClSiZr. The molecule has 0 N–H and O–H groups in total. The molecule has 1 radical (unpaired) electrons. The fourth-order valence-electron chi connectivity index (χ4n) is 5.61. The number of halogens is 1. The second-order valence-electron chi connectivity index (χ2n) is 8.64. The molecule has 3 unspecified atom stereocenters.